The third-order valence-electron chi connectivity index (χ3n) is 7.21. The van der Waals surface area contributed by atoms with Gasteiger partial charge in [-0.2, -0.15) is 0 Å². The molecule has 5 N–H and O–H groups in total. The monoisotopic (exact) mass is 444 g/mol. The molecule has 1 amide bonds. The van der Waals surface area contributed by atoms with E-state index in [1.54, 1.807) is 27.9 Å². The number of carbonyl (C=O) groups excluding carboxylic acids is 3. The molecule has 4 atom stereocenters. The maximum absolute atomic E-state index is 14.8. The topological polar surface area (TPSA) is 141 Å². The lowest BCUT2D eigenvalue weighted by molar-refractivity contribution is -0.153. The van der Waals surface area contributed by atoms with E-state index in [2.05, 4.69) is 0 Å². The molecule has 0 heterocycles. The minimum Gasteiger partial charge on any atom is -0.508 e. The van der Waals surface area contributed by atoms with Gasteiger partial charge in [0.05, 0.1) is 6.04 Å². The van der Waals surface area contributed by atoms with Crippen molar-refractivity contribution in [1.29, 1.82) is 0 Å². The molecule has 3 aliphatic rings. The van der Waals surface area contributed by atoms with Crippen molar-refractivity contribution in [1.82, 2.24) is 4.90 Å². The fourth-order valence-corrected chi connectivity index (χ4v) is 5.58. The molecule has 0 aliphatic heterocycles. The highest BCUT2D eigenvalue weighted by Gasteiger charge is 2.64. The number of carbonyl (C=O) groups is 3. The summed E-state index contributed by atoms with van der Waals surface area (Å²) in [4.78, 5) is 40.0. The summed E-state index contributed by atoms with van der Waals surface area (Å²) in [5.74, 6) is -6.95. The highest BCUT2D eigenvalue weighted by atomic mass is 19.1. The van der Waals surface area contributed by atoms with Gasteiger partial charge in [0.1, 0.15) is 22.9 Å². The predicted molar refractivity (Wildman–Crippen MR) is 112 cm³/mol. The van der Waals surface area contributed by atoms with Gasteiger partial charge in [-0.3, -0.25) is 19.3 Å². The number of Topliss-reactive ketones (excluding diaryl/α,β-unsaturated/α-hetero) is 2. The molecule has 4 rings (SSSR count). The van der Waals surface area contributed by atoms with E-state index in [4.69, 9.17) is 5.73 Å². The molecule has 1 aromatic rings. The van der Waals surface area contributed by atoms with Crippen molar-refractivity contribution < 1.29 is 34.1 Å². The summed E-state index contributed by atoms with van der Waals surface area (Å²) < 4.78 is 14.8. The van der Waals surface area contributed by atoms with Gasteiger partial charge in [-0.05, 0) is 69.5 Å². The second-order valence-electron chi connectivity index (χ2n) is 9.12. The third kappa shape index (κ3) is 2.64. The lowest BCUT2D eigenvalue weighted by Crippen LogP contribution is -2.65. The van der Waals surface area contributed by atoms with E-state index in [0.717, 1.165) is 0 Å². The normalized spacial score (nSPS) is 29.8. The number of fused-ring (bicyclic) bond motifs is 3. The summed E-state index contributed by atoms with van der Waals surface area (Å²) in [7, 11) is 3.08. The van der Waals surface area contributed by atoms with Crippen molar-refractivity contribution in [2.24, 2.45) is 17.6 Å². The number of ketones is 2. The van der Waals surface area contributed by atoms with E-state index >= 15 is 0 Å². The molecule has 1 fully saturated rings. The Bertz CT molecular complexity index is 1170. The number of nitrogens with two attached hydrogens (primary N) is 1. The maximum Gasteiger partial charge on any atom is 0.255 e. The number of hydrogen-bond acceptors (Lipinski definition) is 7. The molecule has 0 aromatic heterocycles. The van der Waals surface area contributed by atoms with Crippen molar-refractivity contribution in [3.63, 3.8) is 0 Å². The number of primary amides is 1. The van der Waals surface area contributed by atoms with Gasteiger partial charge in [0.25, 0.3) is 5.91 Å². The average Bonchev–Trinajstić information content (AvgIpc) is 2.68. The highest BCUT2D eigenvalue weighted by Crippen LogP contribution is 2.52. The summed E-state index contributed by atoms with van der Waals surface area (Å²) in [6.45, 7) is 3.37. The molecule has 0 saturated heterocycles. The molecular weight excluding hydrogens is 419 g/mol. The van der Waals surface area contributed by atoms with Crippen LogP contribution in [0.1, 0.15) is 28.7 Å². The first-order valence-corrected chi connectivity index (χ1v) is 10.3. The summed E-state index contributed by atoms with van der Waals surface area (Å²) in [5.41, 5.74) is 3.32. The summed E-state index contributed by atoms with van der Waals surface area (Å²) in [6, 6.07) is 0.241. The quantitative estimate of drug-likeness (QED) is 0.499. The maximum atomic E-state index is 14.8. The van der Waals surface area contributed by atoms with Gasteiger partial charge in [0, 0.05) is 17.1 Å². The van der Waals surface area contributed by atoms with Crippen LogP contribution in [-0.2, 0) is 20.8 Å². The summed E-state index contributed by atoms with van der Waals surface area (Å²) in [5, 5.41) is 33.3. The van der Waals surface area contributed by atoms with Gasteiger partial charge < -0.3 is 21.1 Å². The number of benzene rings is 1. The second-order valence-corrected chi connectivity index (χ2v) is 9.12. The molecule has 0 bridgehead atoms. The number of nitrogens with zero attached hydrogens (tertiary/aromatic N) is 1. The molecule has 1 aromatic carbocycles. The zero-order valence-corrected chi connectivity index (χ0v) is 18.2. The fraction of sp³-hybridized carbons (Fsp3) is 0.435. The Labute approximate surface area is 183 Å². The zero-order valence-electron chi connectivity index (χ0n) is 18.2. The van der Waals surface area contributed by atoms with Crippen molar-refractivity contribution in [3.8, 4) is 0 Å². The number of amides is 1. The van der Waals surface area contributed by atoms with Gasteiger partial charge >= 0.3 is 0 Å². The van der Waals surface area contributed by atoms with E-state index in [1.165, 1.54) is 11.0 Å². The Balaban J connectivity index is 2.00. The third-order valence-corrected chi connectivity index (χ3v) is 7.21. The van der Waals surface area contributed by atoms with Gasteiger partial charge in [-0.25, -0.2) is 4.39 Å². The Hall–Kier alpha value is -3.04. The van der Waals surface area contributed by atoms with Crippen molar-refractivity contribution in [2.45, 2.75) is 38.3 Å². The van der Waals surface area contributed by atoms with Crippen LogP contribution >= 0.6 is 0 Å². The number of rotatable bonds is 2. The lowest BCUT2D eigenvalue weighted by atomic mass is 9.57. The molecule has 1 saturated carbocycles. The Morgan fingerprint density at radius 2 is 1.88 bits per heavy atom. The van der Waals surface area contributed by atoms with Crippen LogP contribution in [0.2, 0.25) is 0 Å². The first-order valence-electron chi connectivity index (χ1n) is 10.3. The fourth-order valence-electron chi connectivity index (χ4n) is 5.58. The Kier molecular flexibility index (Phi) is 4.83. The number of aryl methyl sites for hydroxylation is 1. The Morgan fingerprint density at radius 3 is 2.44 bits per heavy atom. The minimum atomic E-state index is -2.62. The van der Waals surface area contributed by atoms with Crippen molar-refractivity contribution in [2.75, 3.05) is 14.1 Å². The number of aliphatic hydroxyl groups excluding tert-OH is 2. The zero-order chi connectivity index (χ0) is 23.9. The number of halogens is 1. The molecule has 0 radical (unpaired) electrons. The van der Waals surface area contributed by atoms with E-state index < -0.39 is 63.9 Å². The molecule has 3 aliphatic carbocycles. The van der Waals surface area contributed by atoms with Crippen LogP contribution in [0.4, 0.5) is 4.39 Å². The second kappa shape index (κ2) is 6.98. The SMILES string of the molecule is Cc1cc(F)c2c(c1C)C(O)=C1C(=O)[C@]3(O)C(O)=C(C(N)=O)C(=O)[C@@H](N(C)C)[C@@H]3C[C@@H]1C2. The largest absolute Gasteiger partial charge is 0.508 e. The van der Waals surface area contributed by atoms with E-state index in [0.29, 0.717) is 11.1 Å². The van der Waals surface area contributed by atoms with Crippen LogP contribution in [0.15, 0.2) is 23.0 Å². The number of hydrogen-bond donors (Lipinski definition) is 4. The Morgan fingerprint density at radius 1 is 1.25 bits per heavy atom. The lowest BCUT2D eigenvalue weighted by Gasteiger charge is -2.50. The summed E-state index contributed by atoms with van der Waals surface area (Å²) >= 11 is 0. The van der Waals surface area contributed by atoms with E-state index in [-0.39, 0.29) is 29.5 Å². The van der Waals surface area contributed by atoms with Crippen molar-refractivity contribution in [3.05, 3.63) is 51.0 Å². The molecule has 8 nitrogen and oxygen atoms in total. The van der Waals surface area contributed by atoms with Crippen LogP contribution < -0.4 is 5.73 Å². The van der Waals surface area contributed by atoms with Gasteiger partial charge in [0.2, 0.25) is 5.78 Å². The van der Waals surface area contributed by atoms with Gasteiger partial charge in [-0.15, -0.1) is 0 Å². The summed E-state index contributed by atoms with van der Waals surface area (Å²) in [6.07, 6.45) is 0.0830. The highest BCUT2D eigenvalue weighted by molar-refractivity contribution is 6.24. The molecule has 170 valence electrons. The standard InChI is InChI=1S/C23H25FN2O6/c1-8-5-13(24)11-6-10-7-12-17(26(3)4)19(28)16(22(25)31)21(30)23(12,32)20(29)15(10)18(27)14(11)9(8)2/h5,10,12,17,27,30,32H,6-7H2,1-4H3,(H2,25,31)/t10-,12-,17-,23-/m0/s1. The smallest absolute Gasteiger partial charge is 0.255 e. The average molecular weight is 444 g/mol. The van der Waals surface area contributed by atoms with Crippen LogP contribution in [0.3, 0.4) is 0 Å². The molecule has 0 spiro atoms. The molecular formula is C23H25FN2O6. The van der Waals surface area contributed by atoms with Crippen LogP contribution in [0.5, 0.6) is 0 Å². The van der Waals surface area contributed by atoms with Crippen LogP contribution in [0.25, 0.3) is 5.76 Å². The van der Waals surface area contributed by atoms with E-state index in [1.807, 2.05) is 0 Å². The first kappa shape index (κ1) is 22.2. The van der Waals surface area contributed by atoms with Gasteiger partial charge in [0.15, 0.2) is 11.4 Å². The van der Waals surface area contributed by atoms with E-state index in [9.17, 15) is 34.1 Å². The van der Waals surface area contributed by atoms with Crippen molar-refractivity contribution >= 4 is 23.2 Å². The van der Waals surface area contributed by atoms with Crippen LogP contribution in [-0.4, -0.2) is 63.4 Å². The van der Waals surface area contributed by atoms with Gasteiger partial charge in [-0.1, -0.05) is 0 Å². The minimum absolute atomic E-state index is 0.00186. The van der Waals surface area contributed by atoms with Crippen LogP contribution in [0, 0.1) is 31.5 Å². The molecule has 0 unspecified atom stereocenters. The number of aliphatic hydroxyl groups is 3. The predicted octanol–water partition coefficient (Wildman–Crippen LogP) is 1.01. The molecule has 9 heteroatoms. The number of likely N-dealkylation sites (N-methyl/N-ethyl adjacent to an activating group) is 1. The molecule has 32 heavy (non-hydrogen) atoms. The first-order chi connectivity index (χ1) is 14.8.